The molecule has 2 aromatic carbocycles. The van der Waals surface area contributed by atoms with E-state index >= 15 is 0 Å². The second-order valence-electron chi connectivity index (χ2n) is 7.85. The fraction of sp³-hybridized carbons (Fsp3) is 0.333. The minimum Gasteiger partial charge on any atom is -0.372 e. The number of likely N-dealkylation sites (N-methyl/N-ethyl adjacent to an activating group) is 1. The summed E-state index contributed by atoms with van der Waals surface area (Å²) in [6, 6.07) is 15.8. The number of hydrogen-bond acceptors (Lipinski definition) is 3. The standard InChI is InChI=1S/C24H27N3O2/c1-18-21-8-4-5-9-22(21)24(29)27(18)17-23(28)25(2)16-19-10-12-20(13-11-19)26-14-6-3-7-15-26/h4-5,8-13H,1,3,6-7,14-17H2,2H3. The zero-order chi connectivity index (χ0) is 20.4. The highest BCUT2D eigenvalue weighted by atomic mass is 16.2. The number of hydrogen-bond donors (Lipinski definition) is 0. The average molecular weight is 389 g/mol. The second-order valence-corrected chi connectivity index (χ2v) is 7.85. The number of carbonyl (C=O) groups is 2. The van der Waals surface area contributed by atoms with E-state index in [0.717, 1.165) is 24.2 Å². The van der Waals surface area contributed by atoms with E-state index in [1.165, 1.54) is 29.8 Å². The lowest BCUT2D eigenvalue weighted by atomic mass is 10.1. The van der Waals surface area contributed by atoms with Crippen LogP contribution in [0.25, 0.3) is 5.70 Å². The Morgan fingerprint density at radius 3 is 2.31 bits per heavy atom. The Kier molecular flexibility index (Phi) is 5.38. The SMILES string of the molecule is C=C1c2ccccc2C(=O)N1CC(=O)N(C)Cc1ccc(N2CCCCC2)cc1. The molecule has 2 aliphatic rings. The van der Waals surface area contributed by atoms with Gasteiger partial charge in [-0.3, -0.25) is 14.5 Å². The molecule has 0 aliphatic carbocycles. The fourth-order valence-electron chi connectivity index (χ4n) is 4.08. The summed E-state index contributed by atoms with van der Waals surface area (Å²) >= 11 is 0. The van der Waals surface area contributed by atoms with Crippen LogP contribution in [0.3, 0.4) is 0 Å². The maximum absolute atomic E-state index is 12.7. The summed E-state index contributed by atoms with van der Waals surface area (Å²) in [4.78, 5) is 30.9. The number of rotatable bonds is 5. The molecule has 0 radical (unpaired) electrons. The summed E-state index contributed by atoms with van der Waals surface area (Å²) in [5, 5.41) is 0. The normalized spacial score (nSPS) is 16.2. The van der Waals surface area contributed by atoms with Crippen molar-refractivity contribution in [3.05, 3.63) is 71.8 Å². The summed E-state index contributed by atoms with van der Waals surface area (Å²) < 4.78 is 0. The first kappa shape index (κ1) is 19.2. The molecule has 5 nitrogen and oxygen atoms in total. The molecule has 5 heteroatoms. The fourth-order valence-corrected chi connectivity index (χ4v) is 4.08. The Morgan fingerprint density at radius 2 is 1.66 bits per heavy atom. The van der Waals surface area contributed by atoms with Crippen LogP contribution in [0.5, 0.6) is 0 Å². The molecule has 0 atom stereocenters. The molecule has 2 aliphatic heterocycles. The number of anilines is 1. The molecule has 0 unspecified atom stereocenters. The number of piperidine rings is 1. The third-order valence-corrected chi connectivity index (χ3v) is 5.84. The van der Waals surface area contributed by atoms with Gasteiger partial charge in [-0.25, -0.2) is 0 Å². The number of nitrogens with zero attached hydrogens (tertiary/aromatic N) is 3. The van der Waals surface area contributed by atoms with Gasteiger partial charge in [0.05, 0.1) is 0 Å². The van der Waals surface area contributed by atoms with E-state index in [1.54, 1.807) is 18.0 Å². The van der Waals surface area contributed by atoms with E-state index < -0.39 is 0 Å². The van der Waals surface area contributed by atoms with E-state index in [0.29, 0.717) is 17.8 Å². The van der Waals surface area contributed by atoms with Gasteiger partial charge < -0.3 is 9.80 Å². The molecule has 0 aromatic heterocycles. The lowest BCUT2D eigenvalue weighted by molar-refractivity contribution is -0.130. The topological polar surface area (TPSA) is 43.9 Å². The summed E-state index contributed by atoms with van der Waals surface area (Å²) in [6.07, 6.45) is 3.82. The van der Waals surface area contributed by atoms with Crippen molar-refractivity contribution < 1.29 is 9.59 Å². The van der Waals surface area contributed by atoms with Gasteiger partial charge in [-0.05, 0) is 43.0 Å². The van der Waals surface area contributed by atoms with E-state index in [1.807, 2.05) is 18.2 Å². The third-order valence-electron chi connectivity index (χ3n) is 5.84. The zero-order valence-electron chi connectivity index (χ0n) is 16.9. The van der Waals surface area contributed by atoms with E-state index in [2.05, 4.69) is 35.7 Å². The lowest BCUT2D eigenvalue weighted by Gasteiger charge is -2.29. The molecule has 0 bridgehead atoms. The third kappa shape index (κ3) is 3.90. The molecule has 150 valence electrons. The highest BCUT2D eigenvalue weighted by molar-refractivity contribution is 6.10. The van der Waals surface area contributed by atoms with Crippen molar-refractivity contribution in [1.82, 2.24) is 9.80 Å². The first-order chi connectivity index (χ1) is 14.0. The monoisotopic (exact) mass is 389 g/mol. The van der Waals surface area contributed by atoms with Gasteiger partial charge in [-0.2, -0.15) is 0 Å². The zero-order valence-corrected chi connectivity index (χ0v) is 16.9. The molecular weight excluding hydrogens is 362 g/mol. The summed E-state index contributed by atoms with van der Waals surface area (Å²) in [5.74, 6) is -0.259. The van der Waals surface area contributed by atoms with Crippen molar-refractivity contribution >= 4 is 23.2 Å². The summed E-state index contributed by atoms with van der Waals surface area (Å²) in [5.41, 5.74) is 4.34. The quantitative estimate of drug-likeness (QED) is 0.782. The molecule has 0 N–H and O–H groups in total. The second kappa shape index (κ2) is 8.11. The largest absolute Gasteiger partial charge is 0.372 e. The Hall–Kier alpha value is -3.08. The Morgan fingerprint density at radius 1 is 1.00 bits per heavy atom. The van der Waals surface area contributed by atoms with Crippen LogP contribution >= 0.6 is 0 Å². The Labute approximate surface area is 172 Å². The van der Waals surface area contributed by atoms with E-state index in [4.69, 9.17) is 0 Å². The van der Waals surface area contributed by atoms with Crippen LogP contribution in [0.2, 0.25) is 0 Å². The van der Waals surface area contributed by atoms with Crippen molar-refractivity contribution in [2.45, 2.75) is 25.8 Å². The van der Waals surface area contributed by atoms with Crippen LogP contribution in [-0.4, -0.2) is 48.3 Å². The Balaban J connectivity index is 1.36. The first-order valence-electron chi connectivity index (χ1n) is 10.2. The molecule has 2 heterocycles. The molecule has 1 fully saturated rings. The maximum atomic E-state index is 12.7. The maximum Gasteiger partial charge on any atom is 0.259 e. The minimum atomic E-state index is -0.154. The molecule has 2 aromatic rings. The van der Waals surface area contributed by atoms with Crippen LogP contribution in [0.4, 0.5) is 5.69 Å². The van der Waals surface area contributed by atoms with Gasteiger partial charge in [0.1, 0.15) is 6.54 Å². The van der Waals surface area contributed by atoms with Crippen molar-refractivity contribution in [2.75, 3.05) is 31.6 Å². The summed E-state index contributed by atoms with van der Waals surface area (Å²) in [7, 11) is 1.78. The van der Waals surface area contributed by atoms with Crippen LogP contribution in [0.1, 0.15) is 40.7 Å². The molecule has 0 saturated carbocycles. The predicted octanol–water partition coefficient (Wildman–Crippen LogP) is 3.76. The molecule has 1 saturated heterocycles. The van der Waals surface area contributed by atoms with Crippen molar-refractivity contribution in [3.8, 4) is 0 Å². The van der Waals surface area contributed by atoms with Gasteiger partial charge in [0.25, 0.3) is 5.91 Å². The number of fused-ring (bicyclic) bond motifs is 1. The van der Waals surface area contributed by atoms with Crippen molar-refractivity contribution in [1.29, 1.82) is 0 Å². The van der Waals surface area contributed by atoms with Gasteiger partial charge in [0.2, 0.25) is 5.91 Å². The van der Waals surface area contributed by atoms with Crippen molar-refractivity contribution in [2.24, 2.45) is 0 Å². The molecule has 29 heavy (non-hydrogen) atoms. The van der Waals surface area contributed by atoms with Gasteiger partial charge in [0, 0.05) is 49.2 Å². The molecule has 4 rings (SSSR count). The predicted molar refractivity (Wildman–Crippen MR) is 115 cm³/mol. The Bertz CT molecular complexity index is 894. The van der Waals surface area contributed by atoms with Crippen LogP contribution in [0.15, 0.2) is 55.1 Å². The number of amides is 2. The smallest absolute Gasteiger partial charge is 0.259 e. The highest BCUT2D eigenvalue weighted by Crippen LogP contribution is 2.31. The van der Waals surface area contributed by atoms with Crippen molar-refractivity contribution in [3.63, 3.8) is 0 Å². The number of benzene rings is 2. The van der Waals surface area contributed by atoms with Crippen LogP contribution < -0.4 is 4.90 Å². The minimum absolute atomic E-state index is 0.00864. The van der Waals surface area contributed by atoms with Gasteiger partial charge in [-0.15, -0.1) is 0 Å². The molecular formula is C24H27N3O2. The lowest BCUT2D eigenvalue weighted by Crippen LogP contribution is -2.37. The molecule has 2 amide bonds. The van der Waals surface area contributed by atoms with E-state index in [-0.39, 0.29) is 18.4 Å². The van der Waals surface area contributed by atoms with Gasteiger partial charge in [0.15, 0.2) is 0 Å². The van der Waals surface area contributed by atoms with Gasteiger partial charge in [-0.1, -0.05) is 36.9 Å². The van der Waals surface area contributed by atoms with E-state index in [9.17, 15) is 9.59 Å². The number of carbonyl (C=O) groups excluding carboxylic acids is 2. The van der Waals surface area contributed by atoms with Gasteiger partial charge >= 0.3 is 0 Å². The van der Waals surface area contributed by atoms with Crippen LogP contribution in [0, 0.1) is 0 Å². The van der Waals surface area contributed by atoms with Crippen LogP contribution in [-0.2, 0) is 11.3 Å². The average Bonchev–Trinajstić information content (AvgIpc) is 3.00. The summed E-state index contributed by atoms with van der Waals surface area (Å²) in [6.45, 7) is 6.77. The highest BCUT2D eigenvalue weighted by Gasteiger charge is 2.32. The first-order valence-corrected chi connectivity index (χ1v) is 10.2. The molecule has 0 spiro atoms.